The molecule has 5 nitrogen and oxygen atoms in total. The minimum atomic E-state index is -0.521. The van der Waals surface area contributed by atoms with Crippen molar-refractivity contribution < 1.29 is 4.52 Å². The summed E-state index contributed by atoms with van der Waals surface area (Å²) in [5, 5.41) is 3.69. The van der Waals surface area contributed by atoms with Crippen LogP contribution in [0.1, 0.15) is 23.6 Å². The van der Waals surface area contributed by atoms with Gasteiger partial charge in [-0.25, -0.2) is 4.79 Å². The second-order valence-corrected chi connectivity index (χ2v) is 4.68. The maximum atomic E-state index is 10.9. The van der Waals surface area contributed by atoms with Gasteiger partial charge in [-0.2, -0.15) is 0 Å². The molecule has 88 valence electrons. The lowest BCUT2D eigenvalue weighted by molar-refractivity contribution is 0.388. The van der Waals surface area contributed by atoms with Gasteiger partial charge in [-0.3, -0.25) is 13.0 Å². The van der Waals surface area contributed by atoms with Crippen molar-refractivity contribution in [2.45, 2.75) is 18.9 Å². The number of aryl methyl sites for hydroxylation is 1. The van der Waals surface area contributed by atoms with Crippen molar-refractivity contribution >= 4 is 22.9 Å². The van der Waals surface area contributed by atoms with Crippen LogP contribution in [0.25, 0.3) is 11.4 Å². The van der Waals surface area contributed by atoms with Crippen LogP contribution < -0.4 is 9.29 Å². The lowest BCUT2D eigenvalue weighted by Gasteiger charge is -2.08. The smallest absolute Gasteiger partial charge is 0.296 e. The van der Waals surface area contributed by atoms with Crippen molar-refractivity contribution in [1.82, 2.24) is 13.7 Å². The zero-order chi connectivity index (χ0) is 11.8. The fourth-order valence-corrected chi connectivity index (χ4v) is 2.88. The average Bonchev–Trinajstić information content (AvgIpc) is 2.94. The summed E-state index contributed by atoms with van der Waals surface area (Å²) in [5.41, 5.74) is 3.53. The lowest BCUT2D eigenvalue weighted by Crippen LogP contribution is -2.05. The van der Waals surface area contributed by atoms with Crippen molar-refractivity contribution in [1.29, 1.82) is 0 Å². The molecule has 0 saturated heterocycles. The van der Waals surface area contributed by atoms with Crippen molar-refractivity contribution in [3.63, 3.8) is 0 Å². The van der Waals surface area contributed by atoms with Crippen LogP contribution in [0.5, 0.6) is 0 Å². The number of H-pyrrole nitrogens is 1. The van der Waals surface area contributed by atoms with Gasteiger partial charge in [-0.15, -0.1) is 0 Å². The van der Waals surface area contributed by atoms with Gasteiger partial charge in [0.25, 0.3) is 0 Å². The average molecular weight is 343 g/mol. The summed E-state index contributed by atoms with van der Waals surface area (Å²) in [4.78, 5) is 13.5. The molecule has 0 aliphatic heterocycles. The lowest BCUT2D eigenvalue weighted by atomic mass is 10.0. The Balaban J connectivity index is 2.03. The first-order valence-corrected chi connectivity index (χ1v) is 6.41. The van der Waals surface area contributed by atoms with Gasteiger partial charge in [-0.1, -0.05) is 17.3 Å². The van der Waals surface area contributed by atoms with Gasteiger partial charge in [0.1, 0.15) is 0 Å². The Kier molecular flexibility index (Phi) is 2.75. The van der Waals surface area contributed by atoms with Crippen molar-refractivity contribution in [2.75, 3.05) is 0 Å². The van der Waals surface area contributed by atoms with Crippen LogP contribution in [0.15, 0.2) is 27.5 Å². The highest BCUT2D eigenvalue weighted by Gasteiger charge is 2.22. The number of benzene rings is 1. The molecule has 1 aromatic carbocycles. The Morgan fingerprint density at radius 1 is 1.53 bits per heavy atom. The maximum absolute atomic E-state index is 10.9. The topological polar surface area (TPSA) is 70.9 Å². The third kappa shape index (κ3) is 1.91. The van der Waals surface area contributed by atoms with E-state index in [1.807, 2.05) is 6.07 Å². The van der Waals surface area contributed by atoms with Gasteiger partial charge in [0.05, 0.1) is 0 Å². The van der Waals surface area contributed by atoms with Gasteiger partial charge in [0.15, 0.2) is 5.82 Å². The highest BCUT2D eigenvalue weighted by molar-refractivity contribution is 14.1. The van der Waals surface area contributed by atoms with Crippen LogP contribution in [-0.2, 0) is 6.42 Å². The monoisotopic (exact) mass is 343 g/mol. The quantitative estimate of drug-likeness (QED) is 0.646. The molecule has 1 heterocycles. The van der Waals surface area contributed by atoms with Crippen LogP contribution in [0.4, 0.5) is 0 Å². The van der Waals surface area contributed by atoms with Crippen LogP contribution in [0, 0.1) is 0 Å². The fourth-order valence-electron chi connectivity index (χ4n) is 2.23. The van der Waals surface area contributed by atoms with E-state index in [4.69, 9.17) is 0 Å². The summed E-state index contributed by atoms with van der Waals surface area (Å²) in [6.07, 6.45) is 2.16. The van der Waals surface area contributed by atoms with Crippen molar-refractivity contribution in [3.05, 3.63) is 39.9 Å². The number of halogens is 1. The van der Waals surface area contributed by atoms with E-state index in [-0.39, 0.29) is 0 Å². The zero-order valence-corrected chi connectivity index (χ0v) is 11.0. The molecule has 6 heteroatoms. The standard InChI is InChI=1S/C11H10IN3O2/c12-14-9-4-2-6-5-7(1-3-8(6)9)10-13-11(16)17-15-10/h1,3,5,9,14H,2,4H2,(H,13,15,16)/t9-/m0/s1. The summed E-state index contributed by atoms with van der Waals surface area (Å²) in [7, 11) is 0. The molecular formula is C11H10IN3O2. The molecule has 1 atom stereocenters. The number of rotatable bonds is 2. The zero-order valence-electron chi connectivity index (χ0n) is 8.87. The Bertz CT molecular complexity index is 605. The Hall–Kier alpha value is -1.15. The summed E-state index contributed by atoms with van der Waals surface area (Å²) in [5.74, 6) is -0.0315. The minimum absolute atomic E-state index is 0.427. The van der Waals surface area contributed by atoms with E-state index in [0.717, 1.165) is 18.4 Å². The van der Waals surface area contributed by atoms with Crippen LogP contribution in [-0.4, -0.2) is 10.1 Å². The molecule has 2 aromatic rings. The molecule has 0 fully saturated rings. The third-order valence-corrected chi connectivity index (χ3v) is 3.82. The highest BCUT2D eigenvalue weighted by Crippen LogP contribution is 2.33. The van der Waals surface area contributed by atoms with Crippen LogP contribution >= 0.6 is 22.9 Å². The Morgan fingerprint density at radius 2 is 2.41 bits per heavy atom. The van der Waals surface area contributed by atoms with Crippen molar-refractivity contribution in [2.24, 2.45) is 0 Å². The number of nitrogens with zero attached hydrogens (tertiary/aromatic N) is 1. The molecule has 0 saturated carbocycles. The molecule has 1 aromatic heterocycles. The van der Waals surface area contributed by atoms with E-state index < -0.39 is 5.76 Å². The highest BCUT2D eigenvalue weighted by atomic mass is 127. The molecule has 0 unspecified atom stereocenters. The SMILES string of the molecule is O=c1[nH]c(-c2ccc3c(c2)CC[C@@H]3NI)no1. The number of fused-ring (bicyclic) bond motifs is 1. The van der Waals surface area contributed by atoms with E-state index in [0.29, 0.717) is 11.9 Å². The largest absolute Gasteiger partial charge is 0.439 e. The summed E-state index contributed by atoms with van der Waals surface area (Å²) in [6.45, 7) is 0. The van der Waals surface area contributed by atoms with Crippen LogP contribution in [0.2, 0.25) is 0 Å². The fraction of sp³-hybridized carbons (Fsp3) is 0.273. The maximum Gasteiger partial charge on any atom is 0.439 e. The summed E-state index contributed by atoms with van der Waals surface area (Å²) in [6, 6.07) is 6.54. The van der Waals surface area contributed by atoms with Gasteiger partial charge >= 0.3 is 5.76 Å². The molecule has 0 bridgehead atoms. The number of aromatic amines is 1. The molecule has 17 heavy (non-hydrogen) atoms. The first-order valence-electron chi connectivity index (χ1n) is 5.33. The molecule has 1 aliphatic rings. The van der Waals surface area contributed by atoms with E-state index in [2.05, 4.69) is 53.2 Å². The molecule has 0 radical (unpaired) electrons. The molecule has 0 spiro atoms. The van der Waals surface area contributed by atoms with Gasteiger partial charge in [-0.05, 0) is 30.0 Å². The second kappa shape index (κ2) is 4.26. The second-order valence-electron chi connectivity index (χ2n) is 4.06. The predicted molar refractivity (Wildman–Crippen MR) is 70.8 cm³/mol. The number of hydrogen-bond donors (Lipinski definition) is 2. The van der Waals surface area contributed by atoms with E-state index >= 15 is 0 Å². The van der Waals surface area contributed by atoms with Crippen molar-refractivity contribution in [3.8, 4) is 11.4 Å². The number of nitrogens with one attached hydrogen (secondary N) is 2. The van der Waals surface area contributed by atoms with Crippen LogP contribution in [0.3, 0.4) is 0 Å². The van der Waals surface area contributed by atoms with E-state index in [1.165, 1.54) is 11.1 Å². The third-order valence-electron chi connectivity index (χ3n) is 3.07. The first kappa shape index (κ1) is 11.0. The number of hydrogen-bond acceptors (Lipinski definition) is 4. The molecule has 3 rings (SSSR count). The molecule has 1 aliphatic carbocycles. The molecule has 0 amide bonds. The van der Waals surface area contributed by atoms with Gasteiger partial charge in [0, 0.05) is 34.5 Å². The van der Waals surface area contributed by atoms with E-state index in [9.17, 15) is 4.79 Å². The molecular weight excluding hydrogens is 333 g/mol. The first-order chi connectivity index (χ1) is 8.28. The Labute approximate surface area is 111 Å². The van der Waals surface area contributed by atoms with Gasteiger partial charge in [0.2, 0.25) is 0 Å². The minimum Gasteiger partial charge on any atom is -0.296 e. The normalized spacial score (nSPS) is 18.3. The molecule has 2 N–H and O–H groups in total. The number of aromatic nitrogens is 2. The predicted octanol–water partition coefficient (Wildman–Crippen LogP) is 1.96. The van der Waals surface area contributed by atoms with Gasteiger partial charge < -0.3 is 0 Å². The van der Waals surface area contributed by atoms with E-state index in [1.54, 1.807) is 0 Å². The summed E-state index contributed by atoms with van der Waals surface area (Å²) >= 11 is 2.19. The summed E-state index contributed by atoms with van der Waals surface area (Å²) < 4.78 is 7.77. The Morgan fingerprint density at radius 3 is 3.12 bits per heavy atom.